The third kappa shape index (κ3) is 5.60. The SMILES string of the molecule is CCCCN(C)C(=O)C(=Cc1cn(S(=O)(=O)N(C)C)c2ccccc12)NC(=O)c1ccccc1F. The number of carbonyl (C=O) groups is 2. The lowest BCUT2D eigenvalue weighted by molar-refractivity contribution is -0.126. The zero-order valence-corrected chi connectivity index (χ0v) is 21.0. The third-order valence-electron chi connectivity index (χ3n) is 5.51. The Hall–Kier alpha value is -3.50. The van der Waals surface area contributed by atoms with Crippen molar-refractivity contribution in [2.75, 3.05) is 27.7 Å². The molecule has 0 atom stereocenters. The predicted octanol–water partition coefficient (Wildman–Crippen LogP) is 3.46. The van der Waals surface area contributed by atoms with Crippen LogP contribution in [0.15, 0.2) is 60.4 Å². The van der Waals surface area contributed by atoms with Crippen molar-refractivity contribution >= 4 is 39.0 Å². The van der Waals surface area contributed by atoms with E-state index in [0.717, 1.165) is 27.2 Å². The molecule has 35 heavy (non-hydrogen) atoms. The van der Waals surface area contributed by atoms with Crippen molar-refractivity contribution in [2.24, 2.45) is 0 Å². The molecule has 0 saturated heterocycles. The van der Waals surface area contributed by atoms with Crippen molar-refractivity contribution < 1.29 is 22.4 Å². The first kappa shape index (κ1) is 26.1. The molecule has 0 bridgehead atoms. The Morgan fingerprint density at radius 2 is 1.71 bits per heavy atom. The van der Waals surface area contributed by atoms with E-state index in [0.29, 0.717) is 23.0 Å². The number of benzene rings is 2. The molecule has 8 nitrogen and oxygen atoms in total. The number of rotatable bonds is 9. The minimum Gasteiger partial charge on any atom is -0.340 e. The molecule has 1 N–H and O–H groups in total. The number of likely N-dealkylation sites (N-methyl/N-ethyl adjacent to an activating group) is 1. The van der Waals surface area contributed by atoms with Crippen molar-refractivity contribution in [1.29, 1.82) is 0 Å². The van der Waals surface area contributed by atoms with Gasteiger partial charge in [0.15, 0.2) is 0 Å². The maximum atomic E-state index is 14.2. The minimum absolute atomic E-state index is 0.0954. The summed E-state index contributed by atoms with van der Waals surface area (Å²) in [6.45, 7) is 2.45. The van der Waals surface area contributed by atoms with Crippen LogP contribution in [0, 0.1) is 5.82 Å². The van der Waals surface area contributed by atoms with Gasteiger partial charge in [-0.25, -0.2) is 8.36 Å². The maximum Gasteiger partial charge on any atom is 0.307 e. The van der Waals surface area contributed by atoms with Gasteiger partial charge in [0.2, 0.25) is 0 Å². The van der Waals surface area contributed by atoms with E-state index in [1.807, 2.05) is 6.92 Å². The van der Waals surface area contributed by atoms with Crippen LogP contribution < -0.4 is 5.32 Å². The van der Waals surface area contributed by atoms with Crippen LogP contribution in [0.1, 0.15) is 35.7 Å². The number of hydrogen-bond acceptors (Lipinski definition) is 4. The predicted molar refractivity (Wildman–Crippen MR) is 134 cm³/mol. The Kier molecular flexibility index (Phi) is 8.08. The number of nitrogens with one attached hydrogen (secondary N) is 1. The molecule has 0 aliphatic rings. The molecule has 0 radical (unpaired) electrons. The highest BCUT2D eigenvalue weighted by molar-refractivity contribution is 7.87. The Balaban J connectivity index is 2.14. The molecule has 3 rings (SSSR count). The molecule has 2 aromatic carbocycles. The van der Waals surface area contributed by atoms with Crippen molar-refractivity contribution in [3.8, 4) is 0 Å². The first-order chi connectivity index (χ1) is 16.6. The van der Waals surface area contributed by atoms with Crippen LogP contribution in [0.2, 0.25) is 0 Å². The number of para-hydroxylation sites is 1. The van der Waals surface area contributed by atoms with Gasteiger partial charge in [-0.15, -0.1) is 0 Å². The Bertz CT molecular complexity index is 1380. The highest BCUT2D eigenvalue weighted by Crippen LogP contribution is 2.26. The van der Waals surface area contributed by atoms with Gasteiger partial charge >= 0.3 is 10.2 Å². The molecule has 10 heteroatoms. The van der Waals surface area contributed by atoms with Crippen molar-refractivity contribution in [1.82, 2.24) is 18.5 Å². The number of halogens is 1. The quantitative estimate of drug-likeness (QED) is 0.456. The Labute approximate surface area is 204 Å². The lowest BCUT2D eigenvalue weighted by Gasteiger charge is -2.19. The lowest BCUT2D eigenvalue weighted by atomic mass is 10.1. The monoisotopic (exact) mass is 500 g/mol. The molecule has 0 aliphatic carbocycles. The molecule has 0 spiro atoms. The second-order valence-electron chi connectivity index (χ2n) is 8.26. The molecule has 0 unspecified atom stereocenters. The highest BCUT2D eigenvalue weighted by Gasteiger charge is 2.23. The largest absolute Gasteiger partial charge is 0.340 e. The molecule has 186 valence electrons. The fraction of sp³-hybridized carbons (Fsp3) is 0.280. The van der Waals surface area contributed by atoms with Gasteiger partial charge in [0.05, 0.1) is 11.1 Å². The molecular weight excluding hydrogens is 471 g/mol. The van der Waals surface area contributed by atoms with Gasteiger partial charge in [-0.1, -0.05) is 43.7 Å². The van der Waals surface area contributed by atoms with Gasteiger partial charge in [-0.05, 0) is 30.7 Å². The zero-order chi connectivity index (χ0) is 25.8. The van der Waals surface area contributed by atoms with Gasteiger partial charge < -0.3 is 10.2 Å². The summed E-state index contributed by atoms with van der Waals surface area (Å²) in [5.41, 5.74) is 0.521. The van der Waals surface area contributed by atoms with E-state index in [1.165, 1.54) is 49.5 Å². The number of aromatic nitrogens is 1. The van der Waals surface area contributed by atoms with E-state index in [-0.39, 0.29) is 11.3 Å². The summed E-state index contributed by atoms with van der Waals surface area (Å²) in [5, 5.41) is 3.11. The molecule has 0 fully saturated rings. The topological polar surface area (TPSA) is 91.7 Å². The van der Waals surface area contributed by atoms with Crippen LogP contribution >= 0.6 is 0 Å². The highest BCUT2D eigenvalue weighted by atomic mass is 32.2. The number of carbonyl (C=O) groups excluding carboxylic acids is 2. The molecule has 1 aromatic heterocycles. The molecule has 1 heterocycles. The summed E-state index contributed by atoms with van der Waals surface area (Å²) < 4.78 is 42.2. The third-order valence-corrected chi connectivity index (χ3v) is 7.23. The smallest absolute Gasteiger partial charge is 0.307 e. The second-order valence-corrected chi connectivity index (χ2v) is 10.3. The molecule has 2 amide bonds. The maximum absolute atomic E-state index is 14.2. The van der Waals surface area contributed by atoms with Gasteiger partial charge in [-0.2, -0.15) is 12.7 Å². The van der Waals surface area contributed by atoms with Crippen LogP contribution in [0.25, 0.3) is 17.0 Å². The van der Waals surface area contributed by atoms with E-state index in [4.69, 9.17) is 0 Å². The van der Waals surface area contributed by atoms with E-state index in [2.05, 4.69) is 5.32 Å². The van der Waals surface area contributed by atoms with E-state index < -0.39 is 27.8 Å². The van der Waals surface area contributed by atoms with Crippen molar-refractivity contribution in [3.63, 3.8) is 0 Å². The number of fused-ring (bicyclic) bond motifs is 1. The molecule has 0 aliphatic heterocycles. The van der Waals surface area contributed by atoms with E-state index >= 15 is 0 Å². The summed E-state index contributed by atoms with van der Waals surface area (Å²) in [6.07, 6.45) is 4.45. The summed E-state index contributed by atoms with van der Waals surface area (Å²) in [5.74, 6) is -1.98. The number of unbranched alkanes of at least 4 members (excludes halogenated alkanes) is 1. The zero-order valence-electron chi connectivity index (χ0n) is 20.2. The lowest BCUT2D eigenvalue weighted by Crippen LogP contribution is -2.37. The molecule has 0 saturated carbocycles. The summed E-state index contributed by atoms with van der Waals surface area (Å²) >= 11 is 0. The Morgan fingerprint density at radius 3 is 2.37 bits per heavy atom. The van der Waals surface area contributed by atoms with E-state index in [9.17, 15) is 22.4 Å². The summed E-state index contributed by atoms with van der Waals surface area (Å²) in [6, 6.07) is 12.3. The van der Waals surface area contributed by atoms with Crippen molar-refractivity contribution in [2.45, 2.75) is 19.8 Å². The first-order valence-electron chi connectivity index (χ1n) is 11.1. The number of hydrogen-bond donors (Lipinski definition) is 1. The summed E-state index contributed by atoms with van der Waals surface area (Å²) in [7, 11) is 0.607. The average Bonchev–Trinajstić information content (AvgIpc) is 3.21. The van der Waals surface area contributed by atoms with E-state index in [1.54, 1.807) is 31.3 Å². The van der Waals surface area contributed by atoms with Crippen LogP contribution in [0.4, 0.5) is 4.39 Å². The van der Waals surface area contributed by atoms with Gasteiger partial charge in [0.1, 0.15) is 11.5 Å². The minimum atomic E-state index is -3.85. The van der Waals surface area contributed by atoms with Crippen molar-refractivity contribution in [3.05, 3.63) is 77.4 Å². The number of amides is 2. The Morgan fingerprint density at radius 1 is 1.06 bits per heavy atom. The van der Waals surface area contributed by atoms with Crippen LogP contribution in [0.3, 0.4) is 0 Å². The number of nitrogens with zero attached hydrogens (tertiary/aromatic N) is 3. The standard InChI is InChI=1S/C25H29FN4O4S/c1-5-6-15-29(4)25(32)22(27-24(31)20-12-7-9-13-21(20)26)16-18-17-30(35(33,34)28(2)3)23-14-10-8-11-19(18)23/h7-14,16-17H,5-6,15H2,1-4H3,(H,27,31). The molecule has 3 aromatic rings. The van der Waals surface area contributed by atoms with Crippen LogP contribution in [-0.2, 0) is 15.0 Å². The fourth-order valence-electron chi connectivity index (χ4n) is 3.50. The summed E-state index contributed by atoms with van der Waals surface area (Å²) in [4.78, 5) is 27.6. The van der Waals surface area contributed by atoms with Gasteiger partial charge in [0, 0.05) is 44.8 Å². The fourth-order valence-corrected chi connectivity index (χ4v) is 4.51. The van der Waals surface area contributed by atoms with Crippen LogP contribution in [-0.4, -0.2) is 61.1 Å². The average molecular weight is 501 g/mol. The normalized spacial score (nSPS) is 12.2. The van der Waals surface area contributed by atoms with Crippen LogP contribution in [0.5, 0.6) is 0 Å². The van der Waals surface area contributed by atoms with Gasteiger partial charge in [-0.3, -0.25) is 9.59 Å². The van der Waals surface area contributed by atoms with Gasteiger partial charge in [0.25, 0.3) is 11.8 Å². The molecular formula is C25H29FN4O4S. The second kappa shape index (κ2) is 10.8. The first-order valence-corrected chi connectivity index (χ1v) is 12.5.